The molecule has 1 aliphatic rings. The van der Waals surface area contributed by atoms with E-state index in [2.05, 4.69) is 19.9 Å². The number of allylic oxidation sites excluding steroid dienone is 4. The smallest absolute Gasteiger partial charge is 0.200 e. The Morgan fingerprint density at radius 2 is 1.68 bits per heavy atom. The summed E-state index contributed by atoms with van der Waals surface area (Å²) in [4.78, 5) is 13.0. The molecule has 0 spiro atoms. The van der Waals surface area contributed by atoms with Crippen LogP contribution in [0.4, 0.5) is 0 Å². The predicted octanol–water partition coefficient (Wildman–Crippen LogP) is 5.76. The van der Waals surface area contributed by atoms with Gasteiger partial charge in [0.25, 0.3) is 0 Å². The van der Waals surface area contributed by atoms with E-state index in [0.29, 0.717) is 17.5 Å². The van der Waals surface area contributed by atoms with Crippen molar-refractivity contribution in [2.45, 2.75) is 52.6 Å². The summed E-state index contributed by atoms with van der Waals surface area (Å²) in [6.45, 7) is 6.12. The molecule has 2 aromatic carbocycles. The summed E-state index contributed by atoms with van der Waals surface area (Å²) >= 11 is 0. The molecule has 7 nitrogen and oxygen atoms in total. The molecule has 0 bridgehead atoms. The molecule has 1 atom stereocenters. The lowest BCUT2D eigenvalue weighted by atomic mass is 9.92. The molecule has 0 unspecified atom stereocenters. The van der Waals surface area contributed by atoms with Crippen LogP contribution in [-0.2, 0) is 6.42 Å². The molecule has 0 aromatic heterocycles. The van der Waals surface area contributed by atoms with E-state index in [4.69, 9.17) is 14.2 Å². The van der Waals surface area contributed by atoms with Gasteiger partial charge in [0, 0.05) is 17.2 Å². The number of carbonyl (C=O) groups is 1. The zero-order valence-electron chi connectivity index (χ0n) is 20.3. The molecule has 2 aromatic rings. The Morgan fingerprint density at radius 1 is 1.03 bits per heavy atom. The van der Waals surface area contributed by atoms with E-state index in [9.17, 15) is 20.1 Å². The lowest BCUT2D eigenvalue weighted by Gasteiger charge is -2.27. The van der Waals surface area contributed by atoms with Gasteiger partial charge >= 0.3 is 0 Å². The minimum absolute atomic E-state index is 0.0283. The summed E-state index contributed by atoms with van der Waals surface area (Å²) in [5, 5.41) is 31.6. The van der Waals surface area contributed by atoms with E-state index in [1.54, 1.807) is 12.1 Å². The van der Waals surface area contributed by atoms with Gasteiger partial charge in [0.2, 0.25) is 5.75 Å². The number of ether oxygens (including phenoxy) is 3. The van der Waals surface area contributed by atoms with Gasteiger partial charge in [-0.05, 0) is 52.2 Å². The summed E-state index contributed by atoms with van der Waals surface area (Å²) < 4.78 is 16.4. The van der Waals surface area contributed by atoms with Crippen LogP contribution in [0.15, 0.2) is 41.5 Å². The number of carbonyl (C=O) groups excluding carboxylic acids is 1. The normalized spacial score (nSPS) is 15.4. The van der Waals surface area contributed by atoms with E-state index >= 15 is 0 Å². The number of phenolic OH excluding ortho intramolecular Hbond substituents is 3. The number of methoxy groups -OCH3 is 2. The van der Waals surface area contributed by atoms with Crippen LogP contribution in [0.2, 0.25) is 0 Å². The van der Waals surface area contributed by atoms with Crippen LogP contribution in [0.1, 0.15) is 67.6 Å². The molecule has 0 radical (unpaired) electrons. The molecule has 3 N–H and O–H groups in total. The Hall–Kier alpha value is -3.61. The zero-order chi connectivity index (χ0) is 25.0. The molecule has 0 fully saturated rings. The highest BCUT2D eigenvalue weighted by Gasteiger charge is 2.33. The molecule has 7 heteroatoms. The number of ketones is 1. The van der Waals surface area contributed by atoms with Crippen molar-refractivity contribution in [1.82, 2.24) is 0 Å². The van der Waals surface area contributed by atoms with Crippen molar-refractivity contribution >= 4 is 5.78 Å². The molecule has 0 saturated heterocycles. The highest BCUT2D eigenvalue weighted by Crippen LogP contribution is 2.47. The van der Waals surface area contributed by atoms with Crippen LogP contribution in [0.5, 0.6) is 34.5 Å². The fraction of sp³-hybridized carbons (Fsp3) is 0.370. The number of rotatable bonds is 8. The first-order valence-corrected chi connectivity index (χ1v) is 11.2. The second kappa shape index (κ2) is 10.5. The van der Waals surface area contributed by atoms with E-state index in [0.717, 1.165) is 18.4 Å². The molecule has 0 aliphatic carbocycles. The summed E-state index contributed by atoms with van der Waals surface area (Å²) in [5.41, 5.74) is 3.31. The maximum absolute atomic E-state index is 13.0. The van der Waals surface area contributed by atoms with Crippen LogP contribution in [-0.4, -0.2) is 35.3 Å². The Kier molecular flexibility index (Phi) is 7.76. The van der Waals surface area contributed by atoms with E-state index in [-0.39, 0.29) is 52.3 Å². The van der Waals surface area contributed by atoms with Gasteiger partial charge in [-0.2, -0.15) is 0 Å². The zero-order valence-corrected chi connectivity index (χ0v) is 20.3. The van der Waals surface area contributed by atoms with Gasteiger partial charge in [0.1, 0.15) is 28.9 Å². The van der Waals surface area contributed by atoms with Gasteiger partial charge in [-0.3, -0.25) is 4.79 Å². The molecule has 0 saturated carbocycles. The fourth-order valence-corrected chi connectivity index (χ4v) is 3.95. The maximum atomic E-state index is 13.0. The van der Waals surface area contributed by atoms with Gasteiger partial charge in [0.05, 0.1) is 20.6 Å². The van der Waals surface area contributed by atoms with Crippen molar-refractivity contribution in [3.63, 3.8) is 0 Å². The minimum Gasteiger partial charge on any atom is -0.507 e. The van der Waals surface area contributed by atoms with Crippen LogP contribution < -0.4 is 14.2 Å². The van der Waals surface area contributed by atoms with Gasteiger partial charge in [-0.1, -0.05) is 23.3 Å². The topological polar surface area (TPSA) is 105 Å². The number of benzene rings is 2. The van der Waals surface area contributed by atoms with Crippen molar-refractivity contribution in [3.8, 4) is 34.5 Å². The maximum Gasteiger partial charge on any atom is 0.200 e. The molecule has 0 amide bonds. The van der Waals surface area contributed by atoms with E-state index in [1.807, 2.05) is 13.0 Å². The first-order chi connectivity index (χ1) is 16.2. The second-order valence-corrected chi connectivity index (χ2v) is 8.68. The number of aromatic hydroxyl groups is 3. The molecule has 182 valence electrons. The average molecular weight is 469 g/mol. The van der Waals surface area contributed by atoms with Crippen LogP contribution >= 0.6 is 0 Å². The summed E-state index contributed by atoms with van der Waals surface area (Å²) in [5.74, 6) is -0.379. The number of hydrogen-bond donors (Lipinski definition) is 3. The van der Waals surface area contributed by atoms with Gasteiger partial charge in [-0.15, -0.1) is 0 Å². The third-order valence-electron chi connectivity index (χ3n) is 5.88. The van der Waals surface area contributed by atoms with Crippen LogP contribution in [0.25, 0.3) is 0 Å². The fourth-order valence-electron chi connectivity index (χ4n) is 3.95. The third-order valence-corrected chi connectivity index (χ3v) is 5.88. The number of phenols is 3. The quantitative estimate of drug-likeness (QED) is 0.423. The van der Waals surface area contributed by atoms with E-state index < -0.39 is 6.10 Å². The number of Topliss-reactive ketones (excluding diaryl/α,β-unsaturated/α-hetero) is 1. The predicted molar refractivity (Wildman–Crippen MR) is 129 cm³/mol. The van der Waals surface area contributed by atoms with Crippen LogP contribution in [0, 0.1) is 0 Å². The summed E-state index contributed by atoms with van der Waals surface area (Å²) in [6, 6.07) is 4.50. The van der Waals surface area contributed by atoms with Crippen molar-refractivity contribution in [3.05, 3.63) is 58.2 Å². The van der Waals surface area contributed by atoms with Gasteiger partial charge in [-0.25, -0.2) is 0 Å². The van der Waals surface area contributed by atoms with Crippen molar-refractivity contribution < 1.29 is 34.3 Å². The monoisotopic (exact) mass is 468 g/mol. The Morgan fingerprint density at radius 3 is 2.26 bits per heavy atom. The SMILES string of the molecule is COc1cc([C@@H]2CC(=O)c3c(cc(O)c(CC=C(C)CCC=C(C)C)c3O)O2)cc(OC)c1O. The lowest BCUT2D eigenvalue weighted by Crippen LogP contribution is -2.21. The Labute approximate surface area is 199 Å². The molecular weight excluding hydrogens is 436 g/mol. The van der Waals surface area contributed by atoms with Crippen molar-refractivity contribution in [2.75, 3.05) is 14.2 Å². The van der Waals surface area contributed by atoms with Gasteiger partial charge in [0.15, 0.2) is 17.3 Å². The summed E-state index contributed by atoms with van der Waals surface area (Å²) in [7, 11) is 2.82. The highest BCUT2D eigenvalue weighted by molar-refractivity contribution is 6.03. The average Bonchev–Trinajstić information content (AvgIpc) is 2.78. The Balaban J connectivity index is 1.88. The lowest BCUT2D eigenvalue weighted by molar-refractivity contribution is 0.0843. The van der Waals surface area contributed by atoms with Crippen LogP contribution in [0.3, 0.4) is 0 Å². The third kappa shape index (κ3) is 5.30. The van der Waals surface area contributed by atoms with Crippen molar-refractivity contribution in [2.24, 2.45) is 0 Å². The standard InChI is InChI=1S/C27H32O7/c1-15(2)7-6-8-16(3)9-10-18-19(28)13-22-25(26(18)30)20(29)14-21(34-22)17-11-23(32-4)27(31)24(12-17)33-5/h7,9,11-13,21,28,30-31H,6,8,10,14H2,1-5H3/t21-/m0/s1. The largest absolute Gasteiger partial charge is 0.507 e. The second-order valence-electron chi connectivity index (χ2n) is 8.68. The minimum atomic E-state index is -0.703. The number of fused-ring (bicyclic) bond motifs is 1. The molecule has 1 aliphatic heterocycles. The van der Waals surface area contributed by atoms with Crippen molar-refractivity contribution in [1.29, 1.82) is 0 Å². The molecular formula is C27H32O7. The molecule has 34 heavy (non-hydrogen) atoms. The molecule has 3 rings (SSSR count). The summed E-state index contributed by atoms with van der Waals surface area (Å²) in [6.07, 6.45) is 5.48. The Bertz CT molecular complexity index is 1120. The first kappa shape index (κ1) is 25.0. The molecule has 1 heterocycles. The van der Waals surface area contributed by atoms with E-state index in [1.165, 1.54) is 25.9 Å². The highest BCUT2D eigenvalue weighted by atomic mass is 16.5. The number of hydrogen-bond acceptors (Lipinski definition) is 7. The first-order valence-electron chi connectivity index (χ1n) is 11.2. The van der Waals surface area contributed by atoms with Gasteiger partial charge < -0.3 is 29.5 Å².